The van der Waals surface area contributed by atoms with Gasteiger partial charge in [-0.05, 0) is 20.9 Å². The minimum absolute atomic E-state index is 0.250. The van der Waals surface area contributed by atoms with Crippen LogP contribution in [0, 0.1) is 0 Å². The Morgan fingerprint density at radius 1 is 1.22 bits per heavy atom. The Balaban J connectivity index is -0.0000000600. The zero-order chi connectivity index (χ0) is 8.12. The van der Waals surface area contributed by atoms with Crippen LogP contribution >= 0.6 is 0 Å². The molecule has 0 bridgehead atoms. The van der Waals surface area contributed by atoms with Crippen LogP contribution in [0.25, 0.3) is 0 Å². The molecule has 0 aromatic rings. The van der Waals surface area contributed by atoms with Crippen LogP contribution in [0.4, 0.5) is 0 Å². The molecular formula is C5H18N2O2. The SMILES string of the molecule is CCO.CCO.CNN. The van der Waals surface area contributed by atoms with Crippen molar-refractivity contribution in [2.24, 2.45) is 5.84 Å². The van der Waals surface area contributed by atoms with Gasteiger partial charge in [-0.25, -0.2) is 0 Å². The first-order chi connectivity index (χ1) is 4.24. The first-order valence-electron chi connectivity index (χ1n) is 2.84. The van der Waals surface area contributed by atoms with Gasteiger partial charge in [-0.1, -0.05) is 0 Å². The standard InChI is InChI=1S/2C2H6O.CH6N2/c2*1-2-3;1-3-2/h3*3H,2H2,1H3. The average molecular weight is 138 g/mol. The van der Waals surface area contributed by atoms with E-state index < -0.39 is 0 Å². The molecule has 4 nitrogen and oxygen atoms in total. The van der Waals surface area contributed by atoms with Crippen molar-refractivity contribution in [3.63, 3.8) is 0 Å². The number of nitrogens with two attached hydrogens (primary N) is 1. The quantitative estimate of drug-likeness (QED) is 0.258. The smallest absolute Gasteiger partial charge is 0.0402 e. The highest BCUT2D eigenvalue weighted by molar-refractivity contribution is 3.84. The summed E-state index contributed by atoms with van der Waals surface area (Å²) in [6.07, 6.45) is 0. The first-order valence-corrected chi connectivity index (χ1v) is 2.84. The Labute approximate surface area is 56.7 Å². The van der Waals surface area contributed by atoms with Crippen LogP contribution in [0.5, 0.6) is 0 Å². The number of rotatable bonds is 0. The van der Waals surface area contributed by atoms with Gasteiger partial charge in [-0.3, -0.25) is 11.3 Å². The Kier molecular flexibility index (Phi) is 80.5. The Bertz CT molecular complexity index is 17.7. The number of aliphatic hydroxyl groups excluding tert-OH is 2. The molecule has 0 atom stereocenters. The maximum atomic E-state index is 7.57. The summed E-state index contributed by atoms with van der Waals surface area (Å²) < 4.78 is 0. The van der Waals surface area contributed by atoms with Gasteiger partial charge in [-0.15, -0.1) is 0 Å². The molecule has 0 fully saturated rings. The van der Waals surface area contributed by atoms with Crippen LogP contribution in [0.1, 0.15) is 13.8 Å². The van der Waals surface area contributed by atoms with Gasteiger partial charge in [-0.2, -0.15) is 0 Å². The monoisotopic (exact) mass is 138 g/mol. The first kappa shape index (κ1) is 15.9. The second-order valence-corrected chi connectivity index (χ2v) is 0.921. The van der Waals surface area contributed by atoms with Gasteiger partial charge in [0.2, 0.25) is 0 Å². The van der Waals surface area contributed by atoms with Gasteiger partial charge < -0.3 is 10.2 Å². The van der Waals surface area contributed by atoms with Crippen LogP contribution in [-0.4, -0.2) is 30.5 Å². The fourth-order valence-corrected chi connectivity index (χ4v) is 0. The summed E-state index contributed by atoms with van der Waals surface area (Å²) in [7, 11) is 1.65. The van der Waals surface area contributed by atoms with Gasteiger partial charge in [0.05, 0.1) is 0 Å². The lowest BCUT2D eigenvalue weighted by Gasteiger charge is -1.62. The fraction of sp³-hybridized carbons (Fsp3) is 1.00. The van der Waals surface area contributed by atoms with Crippen molar-refractivity contribution in [2.45, 2.75) is 13.8 Å². The summed E-state index contributed by atoms with van der Waals surface area (Å²) in [5, 5.41) is 15.1. The summed E-state index contributed by atoms with van der Waals surface area (Å²) in [6, 6.07) is 0. The van der Waals surface area contributed by atoms with E-state index >= 15 is 0 Å². The van der Waals surface area contributed by atoms with E-state index in [9.17, 15) is 0 Å². The molecule has 0 aromatic heterocycles. The molecule has 0 unspecified atom stereocenters. The van der Waals surface area contributed by atoms with Crippen LogP contribution < -0.4 is 11.3 Å². The van der Waals surface area contributed by atoms with Gasteiger partial charge in [0.25, 0.3) is 0 Å². The molecule has 0 aliphatic heterocycles. The molecule has 0 saturated carbocycles. The highest BCUT2D eigenvalue weighted by atomic mass is 16.3. The lowest BCUT2D eigenvalue weighted by atomic mass is 10.9. The molecule has 0 amide bonds. The maximum Gasteiger partial charge on any atom is 0.0402 e. The van der Waals surface area contributed by atoms with Crippen molar-refractivity contribution in [3.05, 3.63) is 0 Å². The van der Waals surface area contributed by atoms with Crippen molar-refractivity contribution in [3.8, 4) is 0 Å². The third kappa shape index (κ3) is 10400. The molecule has 0 heterocycles. The fourth-order valence-electron chi connectivity index (χ4n) is 0. The number of hydrogen-bond acceptors (Lipinski definition) is 4. The molecule has 0 aliphatic carbocycles. The lowest BCUT2D eigenvalue weighted by Crippen LogP contribution is -2.13. The Hall–Kier alpha value is -0.160. The van der Waals surface area contributed by atoms with Crippen molar-refractivity contribution in [2.75, 3.05) is 20.3 Å². The summed E-state index contributed by atoms with van der Waals surface area (Å²) in [5.41, 5.74) is 2.25. The molecule has 0 rings (SSSR count). The molecule has 0 spiro atoms. The third-order valence-corrected chi connectivity index (χ3v) is 0. The van der Waals surface area contributed by atoms with E-state index in [0.29, 0.717) is 0 Å². The molecule has 0 radical (unpaired) electrons. The number of hydrogen-bond donors (Lipinski definition) is 4. The van der Waals surface area contributed by atoms with Crippen molar-refractivity contribution in [1.29, 1.82) is 0 Å². The summed E-state index contributed by atoms with van der Waals surface area (Å²) in [5.74, 6) is 4.60. The van der Waals surface area contributed by atoms with Crippen molar-refractivity contribution >= 4 is 0 Å². The number of nitrogens with one attached hydrogen (secondary N) is 1. The van der Waals surface area contributed by atoms with E-state index in [2.05, 4.69) is 11.3 Å². The zero-order valence-corrected chi connectivity index (χ0v) is 6.39. The van der Waals surface area contributed by atoms with Crippen LogP contribution in [0.15, 0.2) is 0 Å². The Morgan fingerprint density at radius 2 is 1.22 bits per heavy atom. The molecule has 4 heteroatoms. The molecule has 60 valence electrons. The minimum atomic E-state index is 0.250. The topological polar surface area (TPSA) is 78.5 Å². The van der Waals surface area contributed by atoms with Crippen molar-refractivity contribution < 1.29 is 10.2 Å². The second-order valence-electron chi connectivity index (χ2n) is 0.921. The van der Waals surface area contributed by atoms with E-state index in [1.54, 1.807) is 20.9 Å². The number of hydrazine groups is 1. The van der Waals surface area contributed by atoms with E-state index in [0.717, 1.165) is 0 Å². The van der Waals surface area contributed by atoms with Gasteiger partial charge in [0.1, 0.15) is 0 Å². The molecule has 9 heavy (non-hydrogen) atoms. The normalized spacial score (nSPS) is 6.00. The molecular weight excluding hydrogens is 120 g/mol. The van der Waals surface area contributed by atoms with E-state index in [-0.39, 0.29) is 13.2 Å². The summed E-state index contributed by atoms with van der Waals surface area (Å²) in [6.45, 7) is 3.86. The van der Waals surface area contributed by atoms with Gasteiger partial charge in [0, 0.05) is 13.2 Å². The van der Waals surface area contributed by atoms with Crippen LogP contribution in [0.3, 0.4) is 0 Å². The predicted molar refractivity (Wildman–Crippen MR) is 38.8 cm³/mol. The van der Waals surface area contributed by atoms with E-state index in [1.165, 1.54) is 0 Å². The molecule has 5 N–H and O–H groups in total. The van der Waals surface area contributed by atoms with Crippen LogP contribution in [-0.2, 0) is 0 Å². The maximum absolute atomic E-state index is 7.57. The predicted octanol–water partition coefficient (Wildman–Crippen LogP) is -0.923. The van der Waals surface area contributed by atoms with E-state index in [1.807, 2.05) is 0 Å². The highest BCUT2D eigenvalue weighted by Gasteiger charge is 1.34. The summed E-state index contributed by atoms with van der Waals surface area (Å²) >= 11 is 0. The third-order valence-electron chi connectivity index (χ3n) is 0. The lowest BCUT2D eigenvalue weighted by molar-refractivity contribution is 0.318. The van der Waals surface area contributed by atoms with Crippen LogP contribution in [0.2, 0.25) is 0 Å². The molecule has 0 aliphatic rings. The number of aliphatic hydroxyl groups is 2. The molecule has 0 aromatic carbocycles. The average Bonchev–Trinajstić information content (AvgIpc) is 1.70. The zero-order valence-electron chi connectivity index (χ0n) is 6.39. The van der Waals surface area contributed by atoms with Gasteiger partial charge >= 0.3 is 0 Å². The largest absolute Gasteiger partial charge is 0.397 e. The molecule has 0 saturated heterocycles. The Morgan fingerprint density at radius 3 is 1.22 bits per heavy atom. The van der Waals surface area contributed by atoms with Gasteiger partial charge in [0.15, 0.2) is 0 Å². The second kappa shape index (κ2) is 45.5. The van der Waals surface area contributed by atoms with Crippen molar-refractivity contribution in [1.82, 2.24) is 5.43 Å². The highest BCUT2D eigenvalue weighted by Crippen LogP contribution is 1.30. The van der Waals surface area contributed by atoms with E-state index in [4.69, 9.17) is 10.2 Å². The summed E-state index contributed by atoms with van der Waals surface area (Å²) in [4.78, 5) is 0. The minimum Gasteiger partial charge on any atom is -0.397 e.